The molecule has 1 aliphatic carbocycles. The second-order valence-electron chi connectivity index (χ2n) is 8.24. The van der Waals surface area contributed by atoms with Crippen LogP contribution in [0.2, 0.25) is 0 Å². The Morgan fingerprint density at radius 1 is 1.00 bits per heavy atom. The van der Waals surface area contributed by atoms with Crippen LogP contribution in [0.25, 0.3) is 10.8 Å². The van der Waals surface area contributed by atoms with Crippen molar-refractivity contribution in [3.63, 3.8) is 0 Å². The zero-order chi connectivity index (χ0) is 20.5. The maximum Gasteiger partial charge on any atom is 0.175 e. The van der Waals surface area contributed by atoms with Crippen LogP contribution in [-0.4, -0.2) is 13.2 Å². The first-order valence-electron chi connectivity index (χ1n) is 10.5. The number of halogens is 3. The molecule has 5 heteroatoms. The lowest BCUT2D eigenvalue weighted by atomic mass is 9.72. The molecule has 1 atom stereocenters. The third-order valence-corrected chi connectivity index (χ3v) is 6.53. The molecule has 2 aliphatic rings. The van der Waals surface area contributed by atoms with Crippen LogP contribution in [0, 0.1) is 29.3 Å². The number of rotatable bonds is 4. The van der Waals surface area contributed by atoms with Gasteiger partial charge >= 0.3 is 0 Å². The largest absolute Gasteiger partial charge is 0.498 e. The molecule has 4 rings (SSSR count). The number of hydrogen-bond acceptors (Lipinski definition) is 2. The zero-order valence-corrected chi connectivity index (χ0v) is 16.9. The Labute approximate surface area is 169 Å². The lowest BCUT2D eigenvalue weighted by Crippen LogP contribution is -2.26. The van der Waals surface area contributed by atoms with Gasteiger partial charge in [0.2, 0.25) is 0 Å². The van der Waals surface area contributed by atoms with Crippen molar-refractivity contribution in [3.8, 4) is 5.75 Å². The van der Waals surface area contributed by atoms with Gasteiger partial charge in [-0.25, -0.2) is 13.2 Å². The van der Waals surface area contributed by atoms with Crippen LogP contribution in [0.3, 0.4) is 0 Å². The Morgan fingerprint density at radius 2 is 1.76 bits per heavy atom. The van der Waals surface area contributed by atoms with Gasteiger partial charge < -0.3 is 9.47 Å². The second kappa shape index (κ2) is 8.29. The average Bonchev–Trinajstić information content (AvgIpc) is 2.73. The number of ether oxygens (including phenoxy) is 2. The minimum atomic E-state index is -1.11. The summed E-state index contributed by atoms with van der Waals surface area (Å²) in [6.45, 7) is 4.70. The molecule has 0 bridgehead atoms. The molecule has 1 fully saturated rings. The topological polar surface area (TPSA) is 18.5 Å². The SMILES string of the molecule is CCOc1ccc2cc(C3CCC(C4CC=C(C)OC4)CC3)c(F)c(F)c2c1F. The van der Waals surface area contributed by atoms with Crippen LogP contribution in [0.5, 0.6) is 5.75 Å². The molecule has 0 spiro atoms. The lowest BCUT2D eigenvalue weighted by Gasteiger charge is -2.35. The van der Waals surface area contributed by atoms with E-state index in [1.54, 1.807) is 19.1 Å². The molecular formula is C24H27F3O2. The van der Waals surface area contributed by atoms with Crippen molar-refractivity contribution in [2.75, 3.05) is 13.2 Å². The van der Waals surface area contributed by atoms with E-state index >= 15 is 0 Å². The standard InChI is InChI=1S/C24H27F3O2/c1-3-28-20-11-10-17-12-19(22(25)24(27)21(17)23(20)26)16-8-6-15(7-9-16)18-5-4-14(2)29-13-18/h4,10-12,15-16,18H,3,5-9,13H2,1-2H3. The molecule has 2 nitrogen and oxygen atoms in total. The molecule has 0 amide bonds. The van der Waals surface area contributed by atoms with E-state index in [9.17, 15) is 13.2 Å². The van der Waals surface area contributed by atoms with Gasteiger partial charge in [-0.3, -0.25) is 0 Å². The predicted octanol–water partition coefficient (Wildman–Crippen LogP) is 6.87. The van der Waals surface area contributed by atoms with Gasteiger partial charge in [0.15, 0.2) is 23.2 Å². The van der Waals surface area contributed by atoms with Crippen molar-refractivity contribution >= 4 is 10.8 Å². The van der Waals surface area contributed by atoms with Crippen LogP contribution in [0.1, 0.15) is 57.4 Å². The van der Waals surface area contributed by atoms with Gasteiger partial charge in [0.05, 0.1) is 24.4 Å². The molecular weight excluding hydrogens is 377 g/mol. The quantitative estimate of drug-likeness (QED) is 0.554. The summed E-state index contributed by atoms with van der Waals surface area (Å²) in [6, 6.07) is 4.71. The van der Waals surface area contributed by atoms with Crippen LogP contribution < -0.4 is 4.74 Å². The third-order valence-electron chi connectivity index (χ3n) is 6.53. The number of benzene rings is 2. The van der Waals surface area contributed by atoms with Crippen LogP contribution >= 0.6 is 0 Å². The van der Waals surface area contributed by atoms with Gasteiger partial charge in [-0.2, -0.15) is 0 Å². The Morgan fingerprint density at radius 3 is 2.41 bits per heavy atom. The average molecular weight is 404 g/mol. The Bertz CT molecular complexity index is 930. The molecule has 0 radical (unpaired) electrons. The van der Waals surface area contributed by atoms with E-state index in [2.05, 4.69) is 6.08 Å². The molecule has 2 aromatic rings. The molecule has 2 aromatic carbocycles. The van der Waals surface area contributed by atoms with Crippen molar-refractivity contribution in [1.29, 1.82) is 0 Å². The van der Waals surface area contributed by atoms with Crippen molar-refractivity contribution in [2.24, 2.45) is 11.8 Å². The first kappa shape index (κ1) is 20.1. The zero-order valence-electron chi connectivity index (χ0n) is 16.9. The lowest BCUT2D eigenvalue weighted by molar-refractivity contribution is 0.0950. The number of hydrogen-bond donors (Lipinski definition) is 0. The normalized spacial score (nSPS) is 24.9. The molecule has 156 valence electrons. The van der Waals surface area contributed by atoms with Gasteiger partial charge in [0.25, 0.3) is 0 Å². The van der Waals surface area contributed by atoms with E-state index in [4.69, 9.17) is 9.47 Å². The molecule has 1 aliphatic heterocycles. The van der Waals surface area contributed by atoms with Crippen molar-refractivity contribution in [2.45, 2.75) is 51.9 Å². The summed E-state index contributed by atoms with van der Waals surface area (Å²) in [4.78, 5) is 0. The highest BCUT2D eigenvalue weighted by atomic mass is 19.2. The maximum atomic E-state index is 14.9. The molecule has 1 unspecified atom stereocenters. The fraction of sp³-hybridized carbons (Fsp3) is 0.500. The minimum Gasteiger partial charge on any atom is -0.498 e. The molecule has 0 aromatic heterocycles. The van der Waals surface area contributed by atoms with E-state index < -0.39 is 17.5 Å². The van der Waals surface area contributed by atoms with Crippen molar-refractivity contribution in [1.82, 2.24) is 0 Å². The summed E-state index contributed by atoms with van der Waals surface area (Å²) in [6.07, 6.45) is 6.74. The Kier molecular flexibility index (Phi) is 5.75. The summed E-state index contributed by atoms with van der Waals surface area (Å²) >= 11 is 0. The summed E-state index contributed by atoms with van der Waals surface area (Å²) in [5.41, 5.74) is 0.368. The fourth-order valence-corrected chi connectivity index (χ4v) is 4.86. The number of fused-ring (bicyclic) bond motifs is 1. The highest BCUT2D eigenvalue weighted by Gasteiger charge is 2.32. The van der Waals surface area contributed by atoms with Gasteiger partial charge in [0.1, 0.15) is 0 Å². The van der Waals surface area contributed by atoms with Crippen molar-refractivity contribution in [3.05, 3.63) is 53.0 Å². The van der Waals surface area contributed by atoms with E-state index in [0.717, 1.165) is 44.5 Å². The molecule has 29 heavy (non-hydrogen) atoms. The molecule has 1 heterocycles. The van der Waals surface area contributed by atoms with Gasteiger partial charge in [-0.05, 0) is 92.9 Å². The monoisotopic (exact) mass is 404 g/mol. The highest BCUT2D eigenvalue weighted by Crippen LogP contribution is 2.43. The van der Waals surface area contributed by atoms with Gasteiger partial charge in [0, 0.05) is 0 Å². The van der Waals surface area contributed by atoms with E-state index in [0.29, 0.717) is 22.8 Å². The summed E-state index contributed by atoms with van der Waals surface area (Å²) < 4.78 is 55.2. The minimum absolute atomic E-state index is 0.0402. The predicted molar refractivity (Wildman–Crippen MR) is 108 cm³/mol. The summed E-state index contributed by atoms with van der Waals surface area (Å²) in [5.74, 6) is -0.917. The first-order valence-corrected chi connectivity index (χ1v) is 10.5. The van der Waals surface area contributed by atoms with Gasteiger partial charge in [-0.1, -0.05) is 6.07 Å². The molecule has 0 N–H and O–H groups in total. The van der Waals surface area contributed by atoms with E-state index in [1.807, 2.05) is 6.92 Å². The molecule has 0 saturated heterocycles. The third kappa shape index (κ3) is 3.84. The van der Waals surface area contributed by atoms with Crippen molar-refractivity contribution < 1.29 is 22.6 Å². The maximum absolute atomic E-state index is 14.9. The van der Waals surface area contributed by atoms with E-state index in [1.165, 1.54) is 6.07 Å². The fourth-order valence-electron chi connectivity index (χ4n) is 4.86. The number of allylic oxidation sites excluding steroid dienone is 2. The van der Waals surface area contributed by atoms with Crippen LogP contribution in [0.15, 0.2) is 30.0 Å². The smallest absolute Gasteiger partial charge is 0.175 e. The summed E-state index contributed by atoms with van der Waals surface area (Å²) in [5, 5.41) is 0.0515. The molecule has 1 saturated carbocycles. The highest BCUT2D eigenvalue weighted by molar-refractivity contribution is 5.86. The Balaban J connectivity index is 1.56. The second-order valence-corrected chi connectivity index (χ2v) is 8.24. The van der Waals surface area contributed by atoms with Crippen LogP contribution in [-0.2, 0) is 4.74 Å². The van der Waals surface area contributed by atoms with E-state index in [-0.39, 0.29) is 23.7 Å². The van der Waals surface area contributed by atoms with Gasteiger partial charge in [-0.15, -0.1) is 0 Å². The summed E-state index contributed by atoms with van der Waals surface area (Å²) in [7, 11) is 0. The van der Waals surface area contributed by atoms with Crippen LogP contribution in [0.4, 0.5) is 13.2 Å². The Hall–Kier alpha value is -2.17. The first-order chi connectivity index (χ1) is 14.0.